The fourth-order valence-corrected chi connectivity index (χ4v) is 2.37. The van der Waals surface area contributed by atoms with Gasteiger partial charge in [-0.3, -0.25) is 4.79 Å². The number of amides is 1. The van der Waals surface area contributed by atoms with Crippen LogP contribution in [0.15, 0.2) is 12.1 Å². The molecule has 2 N–H and O–H groups in total. The lowest BCUT2D eigenvalue weighted by Gasteiger charge is -2.13. The van der Waals surface area contributed by atoms with Crippen molar-refractivity contribution in [2.75, 3.05) is 18.4 Å². The third kappa shape index (κ3) is 2.53. The predicted molar refractivity (Wildman–Crippen MR) is 71.1 cm³/mol. The summed E-state index contributed by atoms with van der Waals surface area (Å²) in [5, 5.41) is 5.19. The highest BCUT2D eigenvalue weighted by atomic mass is 19.3. The number of carbonyl (C=O) groups excluding carboxylic acids is 1. The zero-order chi connectivity index (χ0) is 15.2. The Morgan fingerprint density at radius 2 is 2.24 bits per heavy atom. The van der Waals surface area contributed by atoms with Gasteiger partial charge in [0.05, 0.1) is 23.1 Å². The molecule has 0 saturated carbocycles. The summed E-state index contributed by atoms with van der Waals surface area (Å²) in [4.78, 5) is 16.0. The van der Waals surface area contributed by atoms with Crippen molar-refractivity contribution in [2.45, 2.75) is 19.4 Å². The van der Waals surface area contributed by atoms with Crippen molar-refractivity contribution in [3.8, 4) is 0 Å². The van der Waals surface area contributed by atoms with E-state index in [-0.39, 0.29) is 17.0 Å². The molecule has 1 aromatic heterocycles. The van der Waals surface area contributed by atoms with E-state index in [4.69, 9.17) is 0 Å². The van der Waals surface area contributed by atoms with Crippen LogP contribution in [0.25, 0.3) is 11.0 Å². The van der Waals surface area contributed by atoms with Crippen LogP contribution < -0.4 is 10.6 Å². The van der Waals surface area contributed by atoms with Crippen molar-refractivity contribution in [1.29, 1.82) is 0 Å². The number of halogens is 3. The summed E-state index contributed by atoms with van der Waals surface area (Å²) in [6, 6.07) is 2.31. The van der Waals surface area contributed by atoms with Crippen molar-refractivity contribution in [1.82, 2.24) is 14.9 Å². The Balaban J connectivity index is 2.13. The molecule has 5 nitrogen and oxygen atoms in total. The molecular formula is C13H13F3N4O. The molecular weight excluding hydrogens is 285 g/mol. The highest BCUT2D eigenvalue weighted by molar-refractivity contribution is 6.06. The molecule has 0 bridgehead atoms. The monoisotopic (exact) mass is 298 g/mol. The topological polar surface area (TPSA) is 59.0 Å². The zero-order valence-electron chi connectivity index (χ0n) is 11.2. The normalized spacial score (nSPS) is 15.0. The maximum absolute atomic E-state index is 13.6. The van der Waals surface area contributed by atoms with Gasteiger partial charge in [-0.25, -0.2) is 18.2 Å². The van der Waals surface area contributed by atoms with Crippen LogP contribution in [0.1, 0.15) is 17.3 Å². The van der Waals surface area contributed by atoms with E-state index in [0.717, 1.165) is 13.0 Å². The molecule has 1 amide bonds. The fourth-order valence-electron chi connectivity index (χ4n) is 2.37. The van der Waals surface area contributed by atoms with E-state index in [1.54, 1.807) is 4.57 Å². The second-order valence-electron chi connectivity index (χ2n) is 5.09. The zero-order valence-corrected chi connectivity index (χ0v) is 11.2. The van der Waals surface area contributed by atoms with Crippen LogP contribution in [0.4, 0.5) is 19.1 Å². The van der Waals surface area contributed by atoms with Crippen LogP contribution in [0.5, 0.6) is 0 Å². The van der Waals surface area contributed by atoms with Crippen LogP contribution in [0.2, 0.25) is 0 Å². The average Bonchev–Trinajstić information content (AvgIpc) is 2.63. The van der Waals surface area contributed by atoms with E-state index in [0.29, 0.717) is 18.6 Å². The number of nitrogens with one attached hydrogen (secondary N) is 2. The predicted octanol–water partition coefficient (Wildman–Crippen LogP) is 1.99. The largest absolute Gasteiger partial charge is 0.350 e. The van der Waals surface area contributed by atoms with Gasteiger partial charge < -0.3 is 15.2 Å². The Labute approximate surface area is 118 Å². The molecule has 0 atom stereocenters. The average molecular weight is 298 g/mol. The van der Waals surface area contributed by atoms with E-state index in [1.807, 2.05) is 0 Å². The van der Waals surface area contributed by atoms with Crippen LogP contribution >= 0.6 is 0 Å². The minimum atomic E-state index is -2.90. The third-order valence-electron chi connectivity index (χ3n) is 3.23. The van der Waals surface area contributed by atoms with Gasteiger partial charge in [-0.05, 0) is 6.07 Å². The first-order valence-electron chi connectivity index (χ1n) is 6.45. The summed E-state index contributed by atoms with van der Waals surface area (Å²) in [5.41, 5.74) is 0.878. The highest BCUT2D eigenvalue weighted by Crippen LogP contribution is 2.26. The summed E-state index contributed by atoms with van der Waals surface area (Å²) in [6.45, 7) is 0.896. The number of alkyl halides is 2. The first kappa shape index (κ1) is 13.7. The van der Waals surface area contributed by atoms with Crippen molar-refractivity contribution >= 4 is 22.9 Å². The van der Waals surface area contributed by atoms with Gasteiger partial charge in [0.1, 0.15) is 5.82 Å². The van der Waals surface area contributed by atoms with E-state index in [9.17, 15) is 18.0 Å². The Morgan fingerprint density at radius 1 is 1.48 bits per heavy atom. The van der Waals surface area contributed by atoms with Crippen LogP contribution in [0, 0.1) is 5.82 Å². The molecule has 8 heteroatoms. The molecule has 0 radical (unpaired) electrons. The molecule has 3 rings (SSSR count). The number of carbonyl (C=O) groups is 1. The maximum atomic E-state index is 13.6. The minimum absolute atomic E-state index is 0.159. The van der Waals surface area contributed by atoms with Gasteiger partial charge in [-0.2, -0.15) is 0 Å². The molecule has 0 fully saturated rings. The summed E-state index contributed by atoms with van der Waals surface area (Å²) >= 11 is 0. The molecule has 1 aliphatic heterocycles. The van der Waals surface area contributed by atoms with Crippen molar-refractivity contribution in [2.24, 2.45) is 0 Å². The SMILES string of the molecule is CC(F)(F)CNc1nc2cc(F)cc3c2n1CCNC3=O. The molecule has 21 heavy (non-hydrogen) atoms. The van der Waals surface area contributed by atoms with Crippen molar-refractivity contribution in [3.63, 3.8) is 0 Å². The smallest absolute Gasteiger partial charge is 0.262 e. The first-order chi connectivity index (χ1) is 9.85. The van der Waals surface area contributed by atoms with E-state index in [2.05, 4.69) is 15.6 Å². The van der Waals surface area contributed by atoms with Crippen LogP contribution in [-0.4, -0.2) is 34.5 Å². The summed E-state index contributed by atoms with van der Waals surface area (Å²) in [5.74, 6) is -3.68. The third-order valence-corrected chi connectivity index (χ3v) is 3.23. The molecule has 2 aromatic rings. The second-order valence-corrected chi connectivity index (χ2v) is 5.09. The lowest BCUT2D eigenvalue weighted by atomic mass is 10.1. The summed E-state index contributed by atoms with van der Waals surface area (Å²) in [7, 11) is 0. The number of imidazole rings is 1. The standard InChI is InChI=1S/C13H13F3N4O/c1-13(15,16)6-18-12-19-9-5-7(14)4-8-10(9)20(12)3-2-17-11(8)21/h4-5H,2-3,6H2,1H3,(H,17,21)(H,18,19). The number of hydrogen-bond donors (Lipinski definition) is 2. The number of nitrogens with zero attached hydrogens (tertiary/aromatic N) is 2. The Morgan fingerprint density at radius 3 is 2.95 bits per heavy atom. The summed E-state index contributed by atoms with van der Waals surface area (Å²) < 4.78 is 41.1. The van der Waals surface area contributed by atoms with Gasteiger partial charge >= 0.3 is 0 Å². The van der Waals surface area contributed by atoms with Crippen molar-refractivity contribution in [3.05, 3.63) is 23.5 Å². The first-order valence-corrected chi connectivity index (χ1v) is 6.45. The Hall–Kier alpha value is -2.25. The van der Waals surface area contributed by atoms with Crippen molar-refractivity contribution < 1.29 is 18.0 Å². The van der Waals surface area contributed by atoms with Gasteiger partial charge in [0, 0.05) is 26.1 Å². The fraction of sp³-hybridized carbons (Fsp3) is 0.385. The second kappa shape index (κ2) is 4.64. The molecule has 0 saturated heterocycles. The molecule has 0 aliphatic carbocycles. The quantitative estimate of drug-likeness (QED) is 0.911. The van der Waals surface area contributed by atoms with E-state index in [1.165, 1.54) is 6.07 Å². The molecule has 1 aliphatic rings. The molecule has 0 spiro atoms. The lowest BCUT2D eigenvalue weighted by Crippen LogP contribution is -2.26. The number of anilines is 1. The Bertz CT molecular complexity index is 720. The molecule has 2 heterocycles. The van der Waals surface area contributed by atoms with E-state index >= 15 is 0 Å². The molecule has 112 valence electrons. The number of aromatic nitrogens is 2. The summed E-state index contributed by atoms with van der Waals surface area (Å²) in [6.07, 6.45) is 0. The van der Waals surface area contributed by atoms with Crippen LogP contribution in [0.3, 0.4) is 0 Å². The van der Waals surface area contributed by atoms with Crippen LogP contribution in [-0.2, 0) is 6.54 Å². The van der Waals surface area contributed by atoms with Gasteiger partial charge in [0.15, 0.2) is 0 Å². The Kier molecular flexibility index (Phi) is 3.03. The number of rotatable bonds is 3. The van der Waals surface area contributed by atoms with Gasteiger partial charge in [-0.15, -0.1) is 0 Å². The minimum Gasteiger partial charge on any atom is -0.350 e. The van der Waals surface area contributed by atoms with Gasteiger partial charge in [0.25, 0.3) is 11.8 Å². The number of benzene rings is 1. The lowest BCUT2D eigenvalue weighted by molar-refractivity contribution is 0.0365. The van der Waals surface area contributed by atoms with E-state index < -0.39 is 24.2 Å². The molecule has 1 aromatic carbocycles. The molecule has 0 unspecified atom stereocenters. The number of hydrogen-bond acceptors (Lipinski definition) is 3. The highest BCUT2D eigenvalue weighted by Gasteiger charge is 2.25. The maximum Gasteiger partial charge on any atom is 0.262 e. The van der Waals surface area contributed by atoms with Gasteiger partial charge in [0.2, 0.25) is 5.95 Å². The van der Waals surface area contributed by atoms with Gasteiger partial charge in [-0.1, -0.05) is 0 Å².